The van der Waals surface area contributed by atoms with Crippen molar-refractivity contribution in [3.8, 4) is 5.75 Å². The van der Waals surface area contributed by atoms with Gasteiger partial charge in [-0.2, -0.15) is 0 Å². The summed E-state index contributed by atoms with van der Waals surface area (Å²) in [7, 11) is 0. The van der Waals surface area contributed by atoms with Gasteiger partial charge in [0.25, 0.3) is 5.69 Å². The van der Waals surface area contributed by atoms with Gasteiger partial charge in [-0.3, -0.25) is 10.1 Å². The van der Waals surface area contributed by atoms with Gasteiger partial charge in [-0.15, -0.1) is 0 Å². The molecule has 122 valence electrons. The number of nitrogens with zero attached hydrogens (tertiary/aromatic N) is 2. The number of β-amino-alcohol motifs (C(OH)–C–C–N with tert-alkyl or cyclic N) is 1. The molecule has 0 amide bonds. The summed E-state index contributed by atoms with van der Waals surface area (Å²) in [5, 5.41) is 20.7. The Morgan fingerprint density at radius 3 is 2.45 bits per heavy atom. The zero-order chi connectivity index (χ0) is 16.1. The van der Waals surface area contributed by atoms with Gasteiger partial charge in [-0.25, -0.2) is 0 Å². The molecular formula is C16H24N2O4. The maximum absolute atomic E-state index is 10.6. The predicted molar refractivity (Wildman–Crippen MR) is 84.0 cm³/mol. The fourth-order valence-electron chi connectivity index (χ4n) is 3.15. The Kier molecular flexibility index (Phi) is 5.74. The molecule has 1 heterocycles. The first kappa shape index (κ1) is 16.7. The van der Waals surface area contributed by atoms with Crippen molar-refractivity contribution in [3.05, 3.63) is 34.4 Å². The lowest BCUT2D eigenvalue weighted by Gasteiger charge is -2.35. The Morgan fingerprint density at radius 1 is 1.32 bits per heavy atom. The van der Waals surface area contributed by atoms with E-state index in [-0.39, 0.29) is 12.3 Å². The molecule has 1 aromatic carbocycles. The Labute approximate surface area is 130 Å². The van der Waals surface area contributed by atoms with E-state index in [0.717, 1.165) is 13.1 Å². The molecule has 1 aliphatic rings. The second-order valence-electron chi connectivity index (χ2n) is 6.38. The van der Waals surface area contributed by atoms with Crippen molar-refractivity contribution in [2.24, 2.45) is 11.8 Å². The largest absolute Gasteiger partial charge is 0.491 e. The molecule has 22 heavy (non-hydrogen) atoms. The predicted octanol–water partition coefficient (Wildman–Crippen LogP) is 2.31. The van der Waals surface area contributed by atoms with Crippen molar-refractivity contribution >= 4 is 5.69 Å². The van der Waals surface area contributed by atoms with Gasteiger partial charge in [0.05, 0.1) is 4.92 Å². The van der Waals surface area contributed by atoms with Crippen LogP contribution in [0.1, 0.15) is 20.3 Å². The molecule has 1 saturated heterocycles. The first-order chi connectivity index (χ1) is 10.4. The summed E-state index contributed by atoms with van der Waals surface area (Å²) in [4.78, 5) is 12.4. The standard InChI is InChI=1S/C16H24N2O4/c1-12-7-13(2)9-17(8-12)10-15(19)11-22-16-5-3-14(4-6-16)18(20)21/h3-6,12-13,15,19H,7-11H2,1-2H3/t12-,13+,15-/m1/s1. The van der Waals surface area contributed by atoms with Crippen LogP contribution in [0.25, 0.3) is 0 Å². The third-order valence-corrected chi connectivity index (χ3v) is 3.90. The quantitative estimate of drug-likeness (QED) is 0.644. The molecule has 0 saturated carbocycles. The third-order valence-electron chi connectivity index (χ3n) is 3.90. The number of non-ortho nitro benzene ring substituents is 1. The van der Waals surface area contributed by atoms with E-state index in [2.05, 4.69) is 18.7 Å². The summed E-state index contributed by atoms with van der Waals surface area (Å²) >= 11 is 0. The van der Waals surface area contributed by atoms with E-state index >= 15 is 0 Å². The summed E-state index contributed by atoms with van der Waals surface area (Å²) in [6.07, 6.45) is 0.680. The molecule has 1 aromatic rings. The minimum atomic E-state index is -0.562. The van der Waals surface area contributed by atoms with E-state index < -0.39 is 11.0 Å². The number of hydrogen-bond donors (Lipinski definition) is 1. The smallest absolute Gasteiger partial charge is 0.269 e. The minimum absolute atomic E-state index is 0.0317. The lowest BCUT2D eigenvalue weighted by atomic mass is 9.92. The topological polar surface area (TPSA) is 75.8 Å². The van der Waals surface area contributed by atoms with Crippen LogP contribution in [0.15, 0.2) is 24.3 Å². The van der Waals surface area contributed by atoms with E-state index in [4.69, 9.17) is 4.74 Å². The fraction of sp³-hybridized carbons (Fsp3) is 0.625. The molecule has 0 radical (unpaired) electrons. The second kappa shape index (κ2) is 7.56. The van der Waals surface area contributed by atoms with E-state index in [1.165, 1.54) is 18.6 Å². The van der Waals surface area contributed by atoms with Crippen LogP contribution >= 0.6 is 0 Å². The van der Waals surface area contributed by atoms with Crippen molar-refractivity contribution in [2.45, 2.75) is 26.4 Å². The summed E-state index contributed by atoms with van der Waals surface area (Å²) in [5.74, 6) is 1.85. The third kappa shape index (κ3) is 4.96. The van der Waals surface area contributed by atoms with E-state index in [1.54, 1.807) is 12.1 Å². The second-order valence-corrected chi connectivity index (χ2v) is 6.38. The summed E-state index contributed by atoms with van der Waals surface area (Å²) < 4.78 is 5.50. The number of aliphatic hydroxyl groups is 1. The normalized spacial score (nSPS) is 24.0. The van der Waals surface area contributed by atoms with Crippen LogP contribution < -0.4 is 4.74 Å². The first-order valence-corrected chi connectivity index (χ1v) is 7.71. The van der Waals surface area contributed by atoms with Crippen molar-refractivity contribution in [1.82, 2.24) is 4.90 Å². The molecule has 2 rings (SSSR count). The average molecular weight is 308 g/mol. The van der Waals surface area contributed by atoms with E-state index in [1.807, 2.05) is 0 Å². The van der Waals surface area contributed by atoms with Crippen LogP contribution in [0.2, 0.25) is 0 Å². The van der Waals surface area contributed by atoms with E-state index in [9.17, 15) is 15.2 Å². The summed E-state index contributed by atoms with van der Waals surface area (Å²) in [6, 6.07) is 5.90. The van der Waals surface area contributed by atoms with Crippen molar-refractivity contribution in [2.75, 3.05) is 26.2 Å². The van der Waals surface area contributed by atoms with Crippen LogP contribution in [0.5, 0.6) is 5.75 Å². The summed E-state index contributed by atoms with van der Waals surface area (Å²) in [5.41, 5.74) is 0.0317. The molecule has 1 fully saturated rings. The van der Waals surface area contributed by atoms with E-state index in [0.29, 0.717) is 24.1 Å². The molecule has 1 aliphatic heterocycles. The SMILES string of the molecule is C[C@@H]1C[C@H](C)CN(C[C@@H](O)COc2ccc([N+](=O)[O-])cc2)C1. The van der Waals surface area contributed by atoms with Crippen LogP contribution in [0.3, 0.4) is 0 Å². The fourth-order valence-corrected chi connectivity index (χ4v) is 3.15. The highest BCUT2D eigenvalue weighted by molar-refractivity contribution is 5.35. The highest BCUT2D eigenvalue weighted by Gasteiger charge is 2.23. The molecular weight excluding hydrogens is 284 g/mol. The monoisotopic (exact) mass is 308 g/mol. The molecule has 0 bridgehead atoms. The van der Waals surface area contributed by atoms with Gasteiger partial charge in [0.2, 0.25) is 0 Å². The number of hydrogen-bond acceptors (Lipinski definition) is 5. The number of nitro benzene ring substituents is 1. The van der Waals surface area contributed by atoms with Gasteiger partial charge in [0.15, 0.2) is 0 Å². The van der Waals surface area contributed by atoms with Crippen LogP contribution in [-0.4, -0.2) is 47.3 Å². The van der Waals surface area contributed by atoms with Gasteiger partial charge >= 0.3 is 0 Å². The number of likely N-dealkylation sites (tertiary alicyclic amines) is 1. The number of aliphatic hydroxyl groups excluding tert-OH is 1. The average Bonchev–Trinajstić information content (AvgIpc) is 2.44. The van der Waals surface area contributed by atoms with Crippen molar-refractivity contribution in [3.63, 3.8) is 0 Å². The number of ether oxygens (including phenoxy) is 1. The Bertz CT molecular complexity index is 481. The molecule has 0 unspecified atom stereocenters. The molecule has 0 aliphatic carbocycles. The lowest BCUT2D eigenvalue weighted by molar-refractivity contribution is -0.384. The van der Waals surface area contributed by atoms with Gasteiger partial charge < -0.3 is 14.7 Å². The number of nitro groups is 1. The van der Waals surface area contributed by atoms with Crippen molar-refractivity contribution in [1.29, 1.82) is 0 Å². The van der Waals surface area contributed by atoms with Crippen LogP contribution in [-0.2, 0) is 0 Å². The Balaban J connectivity index is 1.77. The maximum Gasteiger partial charge on any atom is 0.269 e. The lowest BCUT2D eigenvalue weighted by Crippen LogP contribution is -2.43. The maximum atomic E-state index is 10.6. The zero-order valence-electron chi connectivity index (χ0n) is 13.1. The van der Waals surface area contributed by atoms with Crippen molar-refractivity contribution < 1.29 is 14.8 Å². The molecule has 0 aromatic heterocycles. The highest BCUT2D eigenvalue weighted by atomic mass is 16.6. The number of benzene rings is 1. The van der Waals surface area contributed by atoms with Gasteiger partial charge in [-0.1, -0.05) is 13.8 Å². The Hall–Kier alpha value is -1.66. The van der Waals surface area contributed by atoms with Gasteiger partial charge in [0.1, 0.15) is 18.5 Å². The first-order valence-electron chi connectivity index (χ1n) is 7.71. The van der Waals surface area contributed by atoms with Gasteiger partial charge in [-0.05, 0) is 30.4 Å². The van der Waals surface area contributed by atoms with Crippen LogP contribution in [0, 0.1) is 22.0 Å². The molecule has 6 heteroatoms. The Morgan fingerprint density at radius 2 is 1.91 bits per heavy atom. The number of rotatable bonds is 6. The molecule has 0 spiro atoms. The number of piperidine rings is 1. The molecule has 1 N–H and O–H groups in total. The summed E-state index contributed by atoms with van der Waals surface area (Å²) in [6.45, 7) is 7.29. The highest BCUT2D eigenvalue weighted by Crippen LogP contribution is 2.21. The van der Waals surface area contributed by atoms with Crippen LogP contribution in [0.4, 0.5) is 5.69 Å². The molecule has 3 atom stereocenters. The molecule has 6 nitrogen and oxygen atoms in total. The minimum Gasteiger partial charge on any atom is -0.491 e. The zero-order valence-corrected chi connectivity index (χ0v) is 13.1. The van der Waals surface area contributed by atoms with Gasteiger partial charge in [0, 0.05) is 31.8 Å².